The lowest BCUT2D eigenvalue weighted by atomic mass is 10.1. The second kappa shape index (κ2) is 7.66. The van der Waals surface area contributed by atoms with Gasteiger partial charge in [-0.05, 0) is 25.0 Å². The Morgan fingerprint density at radius 3 is 2.78 bits per heavy atom. The van der Waals surface area contributed by atoms with Gasteiger partial charge in [-0.1, -0.05) is 0 Å². The molecule has 2 heterocycles. The number of nitrogens with zero attached hydrogens (tertiary/aromatic N) is 3. The van der Waals surface area contributed by atoms with E-state index >= 15 is 0 Å². The molecule has 2 rings (SSSR count). The van der Waals surface area contributed by atoms with E-state index < -0.39 is 0 Å². The number of urea groups is 1. The molecule has 0 aliphatic carbocycles. The van der Waals surface area contributed by atoms with Gasteiger partial charge in [0.25, 0.3) is 0 Å². The standard InChI is InChI=1S/C15H23N5O3/c1-19(2)13-7-6-11(9-16-13)17-14(21)18-12-5-4-8-20(10-12)15(22)23-3/h6-7,9,12H,4-5,8,10H2,1-3H3,(H2,17,18,21)/t12-/m0/s1. The first-order valence-electron chi connectivity index (χ1n) is 7.53. The molecule has 0 spiro atoms. The van der Waals surface area contributed by atoms with Gasteiger partial charge in [0.15, 0.2) is 0 Å². The lowest BCUT2D eigenvalue weighted by Gasteiger charge is -2.32. The van der Waals surface area contributed by atoms with Crippen molar-refractivity contribution in [3.05, 3.63) is 18.3 Å². The summed E-state index contributed by atoms with van der Waals surface area (Å²) in [7, 11) is 5.16. The van der Waals surface area contributed by atoms with E-state index in [2.05, 4.69) is 15.6 Å². The Morgan fingerprint density at radius 1 is 1.39 bits per heavy atom. The van der Waals surface area contributed by atoms with Crippen LogP contribution in [0.15, 0.2) is 18.3 Å². The molecule has 8 heteroatoms. The third-order valence-electron chi connectivity index (χ3n) is 3.65. The summed E-state index contributed by atoms with van der Waals surface area (Å²) in [4.78, 5) is 31.3. The van der Waals surface area contributed by atoms with E-state index in [1.54, 1.807) is 17.2 Å². The number of nitrogens with one attached hydrogen (secondary N) is 2. The molecule has 1 atom stereocenters. The fourth-order valence-electron chi connectivity index (χ4n) is 2.47. The Balaban J connectivity index is 1.85. The van der Waals surface area contributed by atoms with Gasteiger partial charge in [0.1, 0.15) is 5.82 Å². The van der Waals surface area contributed by atoms with E-state index in [0.717, 1.165) is 18.7 Å². The molecule has 1 aliphatic heterocycles. The number of aromatic nitrogens is 1. The second-order valence-electron chi connectivity index (χ2n) is 5.65. The first-order chi connectivity index (χ1) is 11.0. The number of carbonyl (C=O) groups is 2. The minimum atomic E-state index is -0.361. The highest BCUT2D eigenvalue weighted by Crippen LogP contribution is 2.13. The molecular weight excluding hydrogens is 298 g/mol. The molecule has 23 heavy (non-hydrogen) atoms. The van der Waals surface area contributed by atoms with Gasteiger partial charge in [0, 0.05) is 33.2 Å². The number of hydrogen-bond donors (Lipinski definition) is 2. The Bertz CT molecular complexity index is 547. The number of methoxy groups -OCH3 is 1. The molecule has 126 valence electrons. The number of hydrogen-bond acceptors (Lipinski definition) is 5. The number of likely N-dealkylation sites (tertiary alicyclic amines) is 1. The van der Waals surface area contributed by atoms with Gasteiger partial charge in [-0.25, -0.2) is 14.6 Å². The molecule has 0 bridgehead atoms. The zero-order valence-electron chi connectivity index (χ0n) is 13.7. The Labute approximate surface area is 135 Å². The molecule has 2 N–H and O–H groups in total. The van der Waals surface area contributed by atoms with E-state index in [1.807, 2.05) is 25.1 Å². The maximum atomic E-state index is 12.1. The third kappa shape index (κ3) is 4.73. The van der Waals surface area contributed by atoms with Gasteiger partial charge in [0.05, 0.1) is 19.0 Å². The number of anilines is 2. The van der Waals surface area contributed by atoms with Crippen LogP contribution in [0.2, 0.25) is 0 Å². The normalized spacial score (nSPS) is 17.3. The van der Waals surface area contributed by atoms with Gasteiger partial charge in [-0.2, -0.15) is 0 Å². The number of carbonyl (C=O) groups excluding carboxylic acids is 2. The Morgan fingerprint density at radius 2 is 2.17 bits per heavy atom. The first kappa shape index (κ1) is 16.9. The lowest BCUT2D eigenvalue weighted by Crippen LogP contribution is -2.50. The fourth-order valence-corrected chi connectivity index (χ4v) is 2.47. The summed E-state index contributed by atoms with van der Waals surface area (Å²) >= 11 is 0. The van der Waals surface area contributed by atoms with Crippen LogP contribution < -0.4 is 15.5 Å². The Kier molecular flexibility index (Phi) is 5.61. The molecule has 1 saturated heterocycles. The van der Waals surface area contributed by atoms with Crippen molar-refractivity contribution in [3.63, 3.8) is 0 Å². The molecule has 1 aromatic heterocycles. The summed E-state index contributed by atoms with van der Waals surface area (Å²) in [6.45, 7) is 1.11. The molecule has 3 amide bonds. The number of rotatable bonds is 3. The van der Waals surface area contributed by atoms with Crippen molar-refractivity contribution in [2.45, 2.75) is 18.9 Å². The molecular formula is C15H23N5O3. The summed E-state index contributed by atoms with van der Waals surface area (Å²) in [5.74, 6) is 0.817. The predicted octanol–water partition coefficient (Wildman–Crippen LogP) is 1.50. The third-order valence-corrected chi connectivity index (χ3v) is 3.65. The van der Waals surface area contributed by atoms with Crippen molar-refractivity contribution in [1.29, 1.82) is 0 Å². The number of piperidine rings is 1. The Hall–Kier alpha value is -2.51. The zero-order valence-corrected chi connectivity index (χ0v) is 13.7. The number of ether oxygens (including phenoxy) is 1. The summed E-state index contributed by atoms with van der Waals surface area (Å²) in [5.41, 5.74) is 0.619. The monoisotopic (exact) mass is 321 g/mol. The highest BCUT2D eigenvalue weighted by Gasteiger charge is 2.25. The topological polar surface area (TPSA) is 86.8 Å². The smallest absolute Gasteiger partial charge is 0.409 e. The van der Waals surface area contributed by atoms with Crippen LogP contribution in [-0.2, 0) is 4.74 Å². The molecule has 0 aromatic carbocycles. The summed E-state index contributed by atoms with van der Waals surface area (Å²) in [6, 6.07) is 3.23. The molecule has 1 fully saturated rings. The highest BCUT2D eigenvalue weighted by molar-refractivity contribution is 5.89. The van der Waals surface area contributed by atoms with Crippen LogP contribution in [0.5, 0.6) is 0 Å². The fraction of sp³-hybridized carbons (Fsp3) is 0.533. The van der Waals surface area contributed by atoms with Crippen molar-refractivity contribution >= 4 is 23.6 Å². The van der Waals surface area contributed by atoms with Crippen molar-refractivity contribution < 1.29 is 14.3 Å². The minimum absolute atomic E-state index is 0.0862. The molecule has 1 aromatic rings. The van der Waals surface area contributed by atoms with Gasteiger partial charge >= 0.3 is 12.1 Å². The first-order valence-corrected chi connectivity index (χ1v) is 7.53. The van der Waals surface area contributed by atoms with E-state index in [9.17, 15) is 9.59 Å². The minimum Gasteiger partial charge on any atom is -0.453 e. The largest absolute Gasteiger partial charge is 0.453 e. The van der Waals surface area contributed by atoms with Crippen LogP contribution in [0.4, 0.5) is 21.1 Å². The van der Waals surface area contributed by atoms with Gasteiger partial charge in [-0.15, -0.1) is 0 Å². The lowest BCUT2D eigenvalue weighted by molar-refractivity contribution is 0.108. The van der Waals surface area contributed by atoms with E-state index in [0.29, 0.717) is 18.8 Å². The summed E-state index contributed by atoms with van der Waals surface area (Å²) in [5, 5.41) is 5.62. The van der Waals surface area contributed by atoms with E-state index in [4.69, 9.17) is 4.74 Å². The van der Waals surface area contributed by atoms with Crippen molar-refractivity contribution in [2.75, 3.05) is 44.5 Å². The van der Waals surface area contributed by atoms with Crippen LogP contribution in [0.1, 0.15) is 12.8 Å². The van der Waals surface area contributed by atoms with E-state index in [1.165, 1.54) is 7.11 Å². The predicted molar refractivity (Wildman–Crippen MR) is 87.7 cm³/mol. The maximum absolute atomic E-state index is 12.1. The van der Waals surface area contributed by atoms with Crippen LogP contribution in [0, 0.1) is 0 Å². The number of amides is 3. The molecule has 1 aliphatic rings. The second-order valence-corrected chi connectivity index (χ2v) is 5.65. The van der Waals surface area contributed by atoms with Crippen molar-refractivity contribution in [3.8, 4) is 0 Å². The van der Waals surface area contributed by atoms with Crippen molar-refractivity contribution in [1.82, 2.24) is 15.2 Å². The molecule has 0 saturated carbocycles. The van der Waals surface area contributed by atoms with Gasteiger partial charge in [0.2, 0.25) is 0 Å². The quantitative estimate of drug-likeness (QED) is 0.881. The van der Waals surface area contributed by atoms with Crippen LogP contribution in [0.3, 0.4) is 0 Å². The van der Waals surface area contributed by atoms with Crippen LogP contribution in [0.25, 0.3) is 0 Å². The summed E-state index contributed by atoms with van der Waals surface area (Å²) < 4.78 is 4.72. The van der Waals surface area contributed by atoms with Gasteiger partial charge < -0.3 is 25.2 Å². The highest BCUT2D eigenvalue weighted by atomic mass is 16.5. The van der Waals surface area contributed by atoms with Crippen molar-refractivity contribution in [2.24, 2.45) is 0 Å². The zero-order chi connectivity index (χ0) is 16.8. The number of pyridine rings is 1. The van der Waals surface area contributed by atoms with Gasteiger partial charge in [-0.3, -0.25) is 0 Å². The van der Waals surface area contributed by atoms with E-state index in [-0.39, 0.29) is 18.2 Å². The summed E-state index contributed by atoms with van der Waals surface area (Å²) in [6.07, 6.45) is 2.91. The maximum Gasteiger partial charge on any atom is 0.409 e. The molecule has 8 nitrogen and oxygen atoms in total. The molecule has 0 radical (unpaired) electrons. The molecule has 0 unspecified atom stereocenters. The van der Waals surface area contributed by atoms with Crippen LogP contribution >= 0.6 is 0 Å². The average Bonchev–Trinajstić information content (AvgIpc) is 2.54. The SMILES string of the molecule is COC(=O)N1CCC[C@H](NC(=O)Nc2ccc(N(C)C)nc2)C1. The van der Waals surface area contributed by atoms with Crippen LogP contribution in [-0.4, -0.2) is 62.3 Å². The average molecular weight is 321 g/mol.